The van der Waals surface area contributed by atoms with E-state index < -0.39 is 28.5 Å². The zero-order valence-corrected chi connectivity index (χ0v) is 26.5. The van der Waals surface area contributed by atoms with Gasteiger partial charge in [-0.3, -0.25) is 13.9 Å². The second kappa shape index (κ2) is 15.0. The summed E-state index contributed by atoms with van der Waals surface area (Å²) in [5, 5.41) is 3.12. The predicted octanol–water partition coefficient (Wildman–Crippen LogP) is 4.77. The number of rotatable bonds is 14. The molecular weight excluding hydrogens is 582 g/mol. The third-order valence-corrected chi connectivity index (χ3v) is 9.61. The quantitative estimate of drug-likeness (QED) is 0.275. The van der Waals surface area contributed by atoms with Crippen molar-refractivity contribution < 1.29 is 32.2 Å². The van der Waals surface area contributed by atoms with Gasteiger partial charge in [0.05, 0.1) is 31.9 Å². The van der Waals surface area contributed by atoms with Crippen molar-refractivity contribution in [2.75, 3.05) is 32.2 Å². The number of anilines is 1. The summed E-state index contributed by atoms with van der Waals surface area (Å²) in [6, 6.07) is 19.2. The van der Waals surface area contributed by atoms with Gasteiger partial charge in [-0.05, 0) is 61.2 Å². The first-order valence-electron chi connectivity index (χ1n) is 14.7. The average Bonchev–Trinajstić information content (AvgIpc) is 3.56. The van der Waals surface area contributed by atoms with Crippen LogP contribution in [0.4, 0.5) is 5.69 Å². The number of hydrogen-bond donors (Lipinski definition) is 1. The van der Waals surface area contributed by atoms with Crippen LogP contribution in [0.2, 0.25) is 0 Å². The molecule has 0 bridgehead atoms. The van der Waals surface area contributed by atoms with Crippen LogP contribution in [-0.4, -0.2) is 65.1 Å². The number of sulfonamides is 1. The van der Waals surface area contributed by atoms with Crippen molar-refractivity contribution in [1.82, 2.24) is 10.2 Å². The Morgan fingerprint density at radius 1 is 0.886 bits per heavy atom. The molecule has 1 aliphatic rings. The summed E-state index contributed by atoms with van der Waals surface area (Å²) >= 11 is 0. The van der Waals surface area contributed by atoms with Gasteiger partial charge in [-0.15, -0.1) is 0 Å². The zero-order chi connectivity index (χ0) is 31.7. The zero-order valence-electron chi connectivity index (χ0n) is 25.7. The summed E-state index contributed by atoms with van der Waals surface area (Å²) in [6.07, 6.45) is 4.25. The second-order valence-corrected chi connectivity index (χ2v) is 12.5. The van der Waals surface area contributed by atoms with E-state index in [0.717, 1.165) is 35.6 Å². The minimum atomic E-state index is -4.27. The summed E-state index contributed by atoms with van der Waals surface area (Å²) in [7, 11) is 0.177. The Balaban J connectivity index is 1.73. The monoisotopic (exact) mass is 623 g/mol. The van der Waals surface area contributed by atoms with Gasteiger partial charge >= 0.3 is 0 Å². The number of hydrogen-bond acceptors (Lipinski definition) is 7. The molecule has 1 atom stereocenters. The topological polar surface area (TPSA) is 114 Å². The molecule has 1 N–H and O–H groups in total. The highest BCUT2D eigenvalue weighted by Crippen LogP contribution is 2.32. The Morgan fingerprint density at radius 2 is 1.59 bits per heavy atom. The van der Waals surface area contributed by atoms with Crippen LogP contribution < -0.4 is 23.8 Å². The highest BCUT2D eigenvalue weighted by atomic mass is 32.2. The molecule has 1 saturated carbocycles. The van der Waals surface area contributed by atoms with E-state index in [2.05, 4.69) is 5.32 Å². The molecule has 3 aromatic carbocycles. The van der Waals surface area contributed by atoms with Crippen molar-refractivity contribution in [3.8, 4) is 17.2 Å². The first kappa shape index (κ1) is 32.7. The first-order chi connectivity index (χ1) is 21.2. The van der Waals surface area contributed by atoms with E-state index in [1.54, 1.807) is 49.6 Å². The van der Waals surface area contributed by atoms with Crippen LogP contribution in [0.3, 0.4) is 0 Å². The largest absolute Gasteiger partial charge is 0.497 e. The Hall–Kier alpha value is -4.25. The minimum absolute atomic E-state index is 0.0663. The fraction of sp³-hybridized carbons (Fsp3) is 0.394. The normalized spacial score (nSPS) is 14.0. The molecule has 10 nitrogen and oxygen atoms in total. The number of nitrogens with one attached hydrogen (secondary N) is 1. The number of carbonyl (C=O) groups is 2. The standard InChI is InChI=1S/C33H41N3O7S/c1-5-29(33(38)34-25-13-9-10-14-25)35(22-24-12-11-17-27(20-24)41-2)32(37)23-36(26-15-7-6-8-16-26)44(39,40)28-18-19-30(42-3)31(21-28)43-4/h6-8,11-12,15-21,25,29H,5,9-10,13-14,22-23H2,1-4H3,(H,34,38). The van der Waals surface area contributed by atoms with Gasteiger partial charge in [0.15, 0.2) is 11.5 Å². The smallest absolute Gasteiger partial charge is 0.264 e. The maximum absolute atomic E-state index is 14.3. The molecular formula is C33H41N3O7S. The van der Waals surface area contributed by atoms with Gasteiger partial charge in [-0.25, -0.2) is 8.42 Å². The molecule has 0 spiro atoms. The molecule has 0 aliphatic heterocycles. The molecule has 0 radical (unpaired) electrons. The van der Waals surface area contributed by atoms with Crippen molar-refractivity contribution in [2.45, 2.75) is 62.6 Å². The predicted molar refractivity (Wildman–Crippen MR) is 169 cm³/mol. The molecule has 2 amide bonds. The maximum atomic E-state index is 14.3. The SMILES string of the molecule is CCC(C(=O)NC1CCCC1)N(Cc1cccc(OC)c1)C(=O)CN(c1ccccc1)S(=O)(=O)c1ccc(OC)c(OC)c1. The van der Waals surface area contributed by atoms with Gasteiger partial charge in [0.2, 0.25) is 11.8 Å². The second-order valence-electron chi connectivity index (χ2n) is 10.7. The van der Waals surface area contributed by atoms with E-state index in [0.29, 0.717) is 23.6 Å². The van der Waals surface area contributed by atoms with Gasteiger partial charge in [-0.1, -0.05) is 50.1 Å². The van der Waals surface area contributed by atoms with Gasteiger partial charge < -0.3 is 24.4 Å². The fourth-order valence-corrected chi connectivity index (χ4v) is 6.91. The molecule has 236 valence electrons. The highest BCUT2D eigenvalue weighted by molar-refractivity contribution is 7.92. The molecule has 1 fully saturated rings. The molecule has 3 aromatic rings. The minimum Gasteiger partial charge on any atom is -0.497 e. The van der Waals surface area contributed by atoms with E-state index in [1.807, 2.05) is 19.1 Å². The summed E-state index contributed by atoms with van der Waals surface area (Å²) in [5.41, 5.74) is 1.05. The number of carbonyl (C=O) groups excluding carboxylic acids is 2. The fourth-order valence-electron chi connectivity index (χ4n) is 5.48. The Morgan fingerprint density at radius 3 is 2.23 bits per heavy atom. The van der Waals surface area contributed by atoms with Crippen molar-refractivity contribution in [3.05, 3.63) is 78.4 Å². The third kappa shape index (κ3) is 7.63. The van der Waals surface area contributed by atoms with Gasteiger partial charge in [0.25, 0.3) is 10.0 Å². The van der Waals surface area contributed by atoms with E-state index in [-0.39, 0.29) is 29.1 Å². The van der Waals surface area contributed by atoms with Crippen molar-refractivity contribution >= 4 is 27.5 Å². The average molecular weight is 624 g/mol. The molecule has 4 rings (SSSR count). The van der Waals surface area contributed by atoms with Crippen molar-refractivity contribution in [1.29, 1.82) is 0 Å². The summed E-state index contributed by atoms with van der Waals surface area (Å²) in [4.78, 5) is 29.3. The summed E-state index contributed by atoms with van der Waals surface area (Å²) in [5.74, 6) is 0.457. The van der Waals surface area contributed by atoms with Crippen molar-refractivity contribution in [2.24, 2.45) is 0 Å². The van der Waals surface area contributed by atoms with Crippen LogP contribution >= 0.6 is 0 Å². The number of nitrogens with zero attached hydrogens (tertiary/aromatic N) is 2. The van der Waals surface area contributed by atoms with Crippen LogP contribution in [0.1, 0.15) is 44.6 Å². The number of amides is 2. The van der Waals surface area contributed by atoms with E-state index in [9.17, 15) is 18.0 Å². The Bertz CT molecular complexity index is 1530. The summed E-state index contributed by atoms with van der Waals surface area (Å²) in [6.45, 7) is 1.41. The number of benzene rings is 3. The molecule has 0 saturated heterocycles. The van der Waals surface area contributed by atoms with Gasteiger partial charge in [0.1, 0.15) is 18.3 Å². The molecule has 11 heteroatoms. The van der Waals surface area contributed by atoms with E-state index in [4.69, 9.17) is 14.2 Å². The van der Waals surface area contributed by atoms with E-state index >= 15 is 0 Å². The third-order valence-electron chi connectivity index (χ3n) is 7.84. The highest BCUT2D eigenvalue weighted by Gasteiger charge is 2.35. The van der Waals surface area contributed by atoms with Crippen LogP contribution in [0.5, 0.6) is 17.2 Å². The molecule has 1 unspecified atom stereocenters. The van der Waals surface area contributed by atoms with Crippen LogP contribution in [0.25, 0.3) is 0 Å². The molecule has 0 heterocycles. The van der Waals surface area contributed by atoms with Gasteiger partial charge in [0, 0.05) is 18.7 Å². The lowest BCUT2D eigenvalue weighted by Crippen LogP contribution is -2.53. The van der Waals surface area contributed by atoms with Crippen LogP contribution in [0.15, 0.2) is 77.7 Å². The van der Waals surface area contributed by atoms with E-state index in [1.165, 1.54) is 37.3 Å². The number of methoxy groups -OCH3 is 3. The lowest BCUT2D eigenvalue weighted by Gasteiger charge is -2.34. The van der Waals surface area contributed by atoms with Crippen molar-refractivity contribution in [3.63, 3.8) is 0 Å². The molecule has 0 aromatic heterocycles. The van der Waals surface area contributed by atoms with Crippen LogP contribution in [-0.2, 0) is 26.2 Å². The Labute approximate surface area is 260 Å². The molecule has 44 heavy (non-hydrogen) atoms. The maximum Gasteiger partial charge on any atom is 0.264 e. The number of ether oxygens (including phenoxy) is 3. The lowest BCUT2D eigenvalue weighted by molar-refractivity contribution is -0.140. The first-order valence-corrected chi connectivity index (χ1v) is 16.2. The Kier molecular flexibility index (Phi) is 11.1. The number of para-hydroxylation sites is 1. The van der Waals surface area contributed by atoms with Gasteiger partial charge in [-0.2, -0.15) is 0 Å². The molecule has 1 aliphatic carbocycles. The lowest BCUT2D eigenvalue weighted by atomic mass is 10.1. The van der Waals surface area contributed by atoms with Crippen LogP contribution in [0, 0.1) is 0 Å². The summed E-state index contributed by atoms with van der Waals surface area (Å²) < 4.78 is 45.4.